The summed E-state index contributed by atoms with van der Waals surface area (Å²) in [6, 6.07) is 0. The molecule has 0 heterocycles. The molecule has 1 fully saturated rings. The molecule has 1 saturated carbocycles. The lowest BCUT2D eigenvalue weighted by molar-refractivity contribution is -0.132. The standard InChI is InChI=1S/C13H26N2O3/c1-3-10-4-6-13(17,7-5-10)9-15-12(16)11(8-14)18-2/h10-11,17H,3-9,14H2,1-2H3,(H,15,16). The van der Waals surface area contributed by atoms with Gasteiger partial charge in [-0.2, -0.15) is 0 Å². The number of carbonyl (C=O) groups is 1. The summed E-state index contributed by atoms with van der Waals surface area (Å²) in [5, 5.41) is 13.1. The van der Waals surface area contributed by atoms with Crippen LogP contribution in [0.15, 0.2) is 0 Å². The van der Waals surface area contributed by atoms with Crippen molar-refractivity contribution >= 4 is 5.91 Å². The van der Waals surface area contributed by atoms with E-state index in [1.54, 1.807) is 0 Å². The molecule has 4 N–H and O–H groups in total. The fourth-order valence-corrected chi connectivity index (χ4v) is 2.48. The first-order valence-corrected chi connectivity index (χ1v) is 6.77. The molecule has 1 amide bonds. The third kappa shape index (κ3) is 4.23. The molecule has 1 aliphatic carbocycles. The maximum absolute atomic E-state index is 11.7. The number of carbonyl (C=O) groups excluding carboxylic acids is 1. The normalized spacial score (nSPS) is 29.9. The van der Waals surface area contributed by atoms with Crippen LogP contribution in [0.2, 0.25) is 0 Å². The third-order valence-electron chi connectivity index (χ3n) is 4.00. The molecule has 0 aromatic rings. The van der Waals surface area contributed by atoms with Gasteiger partial charge in [-0.1, -0.05) is 13.3 Å². The second-order valence-electron chi connectivity index (χ2n) is 5.25. The first-order chi connectivity index (χ1) is 8.54. The maximum Gasteiger partial charge on any atom is 0.250 e. The Bertz CT molecular complexity index is 259. The van der Waals surface area contributed by atoms with Crippen molar-refractivity contribution in [3.05, 3.63) is 0 Å². The quantitative estimate of drug-likeness (QED) is 0.644. The highest BCUT2D eigenvalue weighted by Crippen LogP contribution is 2.33. The number of hydrogen-bond acceptors (Lipinski definition) is 4. The second-order valence-corrected chi connectivity index (χ2v) is 5.25. The molecular formula is C13H26N2O3. The number of nitrogens with two attached hydrogens (primary N) is 1. The van der Waals surface area contributed by atoms with Crippen molar-refractivity contribution in [3.8, 4) is 0 Å². The number of ether oxygens (including phenoxy) is 1. The summed E-state index contributed by atoms with van der Waals surface area (Å²) in [6.45, 7) is 2.63. The van der Waals surface area contributed by atoms with Gasteiger partial charge in [-0.05, 0) is 31.6 Å². The van der Waals surface area contributed by atoms with Crippen LogP contribution < -0.4 is 11.1 Å². The molecule has 5 heteroatoms. The average Bonchev–Trinajstić information content (AvgIpc) is 2.39. The van der Waals surface area contributed by atoms with Crippen molar-refractivity contribution in [2.75, 3.05) is 20.2 Å². The minimum Gasteiger partial charge on any atom is -0.388 e. The van der Waals surface area contributed by atoms with Gasteiger partial charge in [0.05, 0.1) is 5.60 Å². The van der Waals surface area contributed by atoms with Crippen LogP contribution in [0.1, 0.15) is 39.0 Å². The van der Waals surface area contributed by atoms with Gasteiger partial charge in [0.2, 0.25) is 0 Å². The Kier molecular flexibility index (Phi) is 6.05. The van der Waals surface area contributed by atoms with Gasteiger partial charge in [0.15, 0.2) is 0 Å². The molecule has 1 aliphatic rings. The molecule has 106 valence electrons. The maximum atomic E-state index is 11.7. The van der Waals surface area contributed by atoms with Gasteiger partial charge in [-0.15, -0.1) is 0 Å². The van der Waals surface area contributed by atoms with Crippen LogP contribution in [-0.2, 0) is 9.53 Å². The zero-order valence-corrected chi connectivity index (χ0v) is 11.4. The van der Waals surface area contributed by atoms with Gasteiger partial charge in [-0.25, -0.2) is 0 Å². The van der Waals surface area contributed by atoms with E-state index in [9.17, 15) is 9.90 Å². The Morgan fingerprint density at radius 1 is 1.56 bits per heavy atom. The monoisotopic (exact) mass is 258 g/mol. The van der Waals surface area contributed by atoms with E-state index in [4.69, 9.17) is 10.5 Å². The highest BCUT2D eigenvalue weighted by Gasteiger charge is 2.33. The van der Waals surface area contributed by atoms with E-state index >= 15 is 0 Å². The Balaban J connectivity index is 2.36. The Labute approximate surface area is 109 Å². The Morgan fingerprint density at radius 2 is 2.17 bits per heavy atom. The topological polar surface area (TPSA) is 84.6 Å². The molecule has 1 atom stereocenters. The van der Waals surface area contributed by atoms with E-state index in [1.807, 2.05) is 0 Å². The fourth-order valence-electron chi connectivity index (χ4n) is 2.48. The fraction of sp³-hybridized carbons (Fsp3) is 0.923. The highest BCUT2D eigenvalue weighted by molar-refractivity contribution is 5.81. The van der Waals surface area contributed by atoms with Gasteiger partial charge in [0.1, 0.15) is 6.10 Å². The molecule has 0 saturated heterocycles. The minimum atomic E-state index is -0.756. The number of nitrogens with one attached hydrogen (secondary N) is 1. The first-order valence-electron chi connectivity index (χ1n) is 6.77. The van der Waals surface area contributed by atoms with Crippen LogP contribution in [0.3, 0.4) is 0 Å². The smallest absolute Gasteiger partial charge is 0.250 e. The molecule has 5 nitrogen and oxygen atoms in total. The number of methoxy groups -OCH3 is 1. The highest BCUT2D eigenvalue weighted by atomic mass is 16.5. The lowest BCUT2D eigenvalue weighted by atomic mass is 9.78. The van der Waals surface area contributed by atoms with Crippen LogP contribution in [0.5, 0.6) is 0 Å². The predicted molar refractivity (Wildman–Crippen MR) is 70.1 cm³/mol. The molecule has 0 aromatic carbocycles. The van der Waals surface area contributed by atoms with Crippen molar-refractivity contribution in [2.24, 2.45) is 11.7 Å². The van der Waals surface area contributed by atoms with E-state index in [2.05, 4.69) is 12.2 Å². The summed E-state index contributed by atoms with van der Waals surface area (Å²) < 4.78 is 4.95. The SMILES string of the molecule is CCC1CCC(O)(CNC(=O)C(CN)OC)CC1. The second kappa shape index (κ2) is 7.07. The van der Waals surface area contributed by atoms with Crippen molar-refractivity contribution in [1.29, 1.82) is 0 Å². The number of hydrogen-bond donors (Lipinski definition) is 3. The summed E-state index contributed by atoms with van der Waals surface area (Å²) in [5.74, 6) is 0.475. The summed E-state index contributed by atoms with van der Waals surface area (Å²) >= 11 is 0. The number of aliphatic hydroxyl groups is 1. The molecule has 1 rings (SSSR count). The van der Waals surface area contributed by atoms with Crippen molar-refractivity contribution in [2.45, 2.75) is 50.7 Å². The number of rotatable bonds is 6. The van der Waals surface area contributed by atoms with Crippen molar-refractivity contribution < 1.29 is 14.6 Å². The molecule has 1 unspecified atom stereocenters. The van der Waals surface area contributed by atoms with Gasteiger partial charge < -0.3 is 20.9 Å². The molecule has 18 heavy (non-hydrogen) atoms. The van der Waals surface area contributed by atoms with E-state index in [0.717, 1.165) is 31.6 Å². The van der Waals surface area contributed by atoms with E-state index in [1.165, 1.54) is 13.5 Å². The van der Waals surface area contributed by atoms with Crippen LogP contribution in [0.4, 0.5) is 0 Å². The van der Waals surface area contributed by atoms with Crippen molar-refractivity contribution in [1.82, 2.24) is 5.32 Å². The third-order valence-corrected chi connectivity index (χ3v) is 4.00. The zero-order valence-electron chi connectivity index (χ0n) is 11.4. The summed E-state index contributed by atoms with van der Waals surface area (Å²) in [5.41, 5.74) is 4.66. The van der Waals surface area contributed by atoms with E-state index < -0.39 is 11.7 Å². The number of amides is 1. The van der Waals surface area contributed by atoms with Crippen LogP contribution in [0, 0.1) is 5.92 Å². The van der Waals surface area contributed by atoms with Gasteiger partial charge >= 0.3 is 0 Å². The van der Waals surface area contributed by atoms with Gasteiger partial charge in [0, 0.05) is 20.2 Å². The van der Waals surface area contributed by atoms with E-state index in [0.29, 0.717) is 6.54 Å². The first kappa shape index (κ1) is 15.4. The lowest BCUT2D eigenvalue weighted by Crippen LogP contribution is -2.49. The zero-order chi connectivity index (χ0) is 13.6. The lowest BCUT2D eigenvalue weighted by Gasteiger charge is -2.36. The predicted octanol–water partition coefficient (Wildman–Crippen LogP) is 0.408. The molecule has 0 aromatic heterocycles. The molecule has 0 aliphatic heterocycles. The molecule has 0 radical (unpaired) electrons. The van der Waals surface area contributed by atoms with E-state index in [-0.39, 0.29) is 12.5 Å². The van der Waals surface area contributed by atoms with Gasteiger partial charge in [0.25, 0.3) is 5.91 Å². The largest absolute Gasteiger partial charge is 0.388 e. The summed E-state index contributed by atoms with van der Waals surface area (Å²) in [6.07, 6.45) is 4.13. The molecule has 0 bridgehead atoms. The van der Waals surface area contributed by atoms with Crippen LogP contribution in [0.25, 0.3) is 0 Å². The van der Waals surface area contributed by atoms with Gasteiger partial charge in [-0.3, -0.25) is 4.79 Å². The summed E-state index contributed by atoms with van der Waals surface area (Å²) in [7, 11) is 1.46. The molecule has 0 spiro atoms. The molecular weight excluding hydrogens is 232 g/mol. The average molecular weight is 258 g/mol. The Hall–Kier alpha value is -0.650. The van der Waals surface area contributed by atoms with Crippen LogP contribution in [-0.4, -0.2) is 42.9 Å². The van der Waals surface area contributed by atoms with Crippen LogP contribution >= 0.6 is 0 Å². The Morgan fingerprint density at radius 3 is 2.61 bits per heavy atom. The summed E-state index contributed by atoms with van der Waals surface area (Å²) in [4.78, 5) is 11.7. The van der Waals surface area contributed by atoms with Crippen molar-refractivity contribution in [3.63, 3.8) is 0 Å². The minimum absolute atomic E-state index is 0.151.